The SMILES string of the molecule is CC1CCCN(CC(=O)Nc2nc(-c3ccc(Cl)cc3)cs2)C1. The summed E-state index contributed by atoms with van der Waals surface area (Å²) in [5.41, 5.74) is 1.85. The molecule has 3 rings (SSSR count). The van der Waals surface area contributed by atoms with Crippen LogP contribution in [0.4, 0.5) is 5.13 Å². The van der Waals surface area contributed by atoms with Crippen LogP contribution in [-0.2, 0) is 4.79 Å². The van der Waals surface area contributed by atoms with Gasteiger partial charge in [-0.3, -0.25) is 9.69 Å². The van der Waals surface area contributed by atoms with Crippen molar-refractivity contribution in [2.24, 2.45) is 5.92 Å². The van der Waals surface area contributed by atoms with Crippen molar-refractivity contribution in [1.82, 2.24) is 9.88 Å². The lowest BCUT2D eigenvalue weighted by molar-refractivity contribution is -0.117. The van der Waals surface area contributed by atoms with E-state index in [0.717, 1.165) is 24.3 Å². The van der Waals surface area contributed by atoms with E-state index in [4.69, 9.17) is 11.6 Å². The number of likely N-dealkylation sites (tertiary alicyclic amines) is 1. The topological polar surface area (TPSA) is 45.2 Å². The monoisotopic (exact) mass is 349 g/mol. The van der Waals surface area contributed by atoms with E-state index in [2.05, 4.69) is 22.1 Å². The molecule has 1 saturated heterocycles. The van der Waals surface area contributed by atoms with Crippen LogP contribution < -0.4 is 5.32 Å². The molecule has 1 unspecified atom stereocenters. The number of carbonyl (C=O) groups excluding carboxylic acids is 1. The molecule has 0 radical (unpaired) electrons. The minimum absolute atomic E-state index is 0.0103. The van der Waals surface area contributed by atoms with Gasteiger partial charge in [0.1, 0.15) is 0 Å². The number of piperidine rings is 1. The number of nitrogens with one attached hydrogen (secondary N) is 1. The summed E-state index contributed by atoms with van der Waals surface area (Å²) in [6, 6.07) is 7.54. The summed E-state index contributed by atoms with van der Waals surface area (Å²) in [4.78, 5) is 18.9. The molecule has 1 fully saturated rings. The van der Waals surface area contributed by atoms with E-state index < -0.39 is 0 Å². The molecule has 0 spiro atoms. The Labute approximate surface area is 145 Å². The van der Waals surface area contributed by atoms with Crippen molar-refractivity contribution < 1.29 is 4.79 Å². The fourth-order valence-corrected chi connectivity index (χ4v) is 3.74. The predicted molar refractivity (Wildman–Crippen MR) is 96.0 cm³/mol. The van der Waals surface area contributed by atoms with Crippen LogP contribution in [0.2, 0.25) is 5.02 Å². The summed E-state index contributed by atoms with van der Waals surface area (Å²) in [6.45, 7) is 4.69. The highest BCUT2D eigenvalue weighted by Gasteiger charge is 2.19. The van der Waals surface area contributed by atoms with Crippen LogP contribution in [-0.4, -0.2) is 35.4 Å². The van der Waals surface area contributed by atoms with Crippen LogP contribution in [0, 0.1) is 5.92 Å². The zero-order chi connectivity index (χ0) is 16.2. The lowest BCUT2D eigenvalue weighted by Crippen LogP contribution is -2.39. The molecule has 1 aliphatic heterocycles. The third kappa shape index (κ3) is 4.53. The Balaban J connectivity index is 1.58. The number of hydrogen-bond acceptors (Lipinski definition) is 4. The highest BCUT2D eigenvalue weighted by molar-refractivity contribution is 7.14. The molecule has 2 heterocycles. The number of anilines is 1. The number of aromatic nitrogens is 1. The Morgan fingerprint density at radius 1 is 1.43 bits per heavy atom. The number of rotatable bonds is 4. The van der Waals surface area contributed by atoms with Crippen molar-refractivity contribution in [3.05, 3.63) is 34.7 Å². The van der Waals surface area contributed by atoms with Gasteiger partial charge < -0.3 is 5.32 Å². The lowest BCUT2D eigenvalue weighted by Gasteiger charge is -2.29. The molecule has 23 heavy (non-hydrogen) atoms. The van der Waals surface area contributed by atoms with Crippen molar-refractivity contribution in [2.75, 3.05) is 25.0 Å². The van der Waals surface area contributed by atoms with Gasteiger partial charge in [0.2, 0.25) is 5.91 Å². The van der Waals surface area contributed by atoms with Gasteiger partial charge in [-0.15, -0.1) is 11.3 Å². The zero-order valence-corrected chi connectivity index (χ0v) is 14.7. The van der Waals surface area contributed by atoms with E-state index in [-0.39, 0.29) is 5.91 Å². The molecule has 1 N–H and O–H groups in total. The van der Waals surface area contributed by atoms with Gasteiger partial charge in [-0.2, -0.15) is 0 Å². The summed E-state index contributed by atoms with van der Waals surface area (Å²) >= 11 is 7.34. The van der Waals surface area contributed by atoms with Gasteiger partial charge in [0.25, 0.3) is 0 Å². The summed E-state index contributed by atoms with van der Waals surface area (Å²) in [7, 11) is 0. The Kier molecular flexibility index (Phi) is 5.30. The van der Waals surface area contributed by atoms with Gasteiger partial charge in [0.05, 0.1) is 12.2 Å². The average Bonchev–Trinajstić information content (AvgIpc) is 2.96. The second kappa shape index (κ2) is 7.43. The largest absolute Gasteiger partial charge is 0.301 e. The first-order valence-corrected chi connectivity index (χ1v) is 9.09. The van der Waals surface area contributed by atoms with E-state index in [9.17, 15) is 4.79 Å². The fraction of sp³-hybridized carbons (Fsp3) is 0.412. The van der Waals surface area contributed by atoms with Crippen molar-refractivity contribution in [2.45, 2.75) is 19.8 Å². The minimum atomic E-state index is 0.0103. The molecular formula is C17H20ClN3OS. The van der Waals surface area contributed by atoms with Crippen molar-refractivity contribution in [1.29, 1.82) is 0 Å². The minimum Gasteiger partial charge on any atom is -0.301 e. The number of benzene rings is 1. The quantitative estimate of drug-likeness (QED) is 0.902. The molecule has 4 nitrogen and oxygen atoms in total. The van der Waals surface area contributed by atoms with E-state index in [0.29, 0.717) is 22.6 Å². The van der Waals surface area contributed by atoms with Crippen LogP contribution in [0.5, 0.6) is 0 Å². The van der Waals surface area contributed by atoms with E-state index in [1.165, 1.54) is 24.2 Å². The smallest absolute Gasteiger partial charge is 0.240 e. The van der Waals surface area contributed by atoms with Crippen molar-refractivity contribution in [3.8, 4) is 11.3 Å². The Bertz CT molecular complexity index is 671. The Hall–Kier alpha value is -1.43. The highest BCUT2D eigenvalue weighted by atomic mass is 35.5. The van der Waals surface area contributed by atoms with E-state index >= 15 is 0 Å². The molecule has 6 heteroatoms. The van der Waals surface area contributed by atoms with Crippen LogP contribution in [0.15, 0.2) is 29.6 Å². The summed E-state index contributed by atoms with van der Waals surface area (Å²) in [6.07, 6.45) is 2.43. The zero-order valence-electron chi connectivity index (χ0n) is 13.1. The second-order valence-corrected chi connectivity index (χ2v) is 7.37. The molecule has 1 aliphatic rings. The fourth-order valence-electron chi connectivity index (χ4n) is 2.88. The van der Waals surface area contributed by atoms with Gasteiger partial charge in [0, 0.05) is 22.5 Å². The van der Waals surface area contributed by atoms with Gasteiger partial charge in [-0.25, -0.2) is 4.98 Å². The van der Waals surface area contributed by atoms with Crippen LogP contribution in [0.3, 0.4) is 0 Å². The standard InChI is InChI=1S/C17H20ClN3OS/c1-12-3-2-8-21(9-12)10-16(22)20-17-19-15(11-23-17)13-4-6-14(18)7-5-13/h4-7,11-12H,2-3,8-10H2,1H3,(H,19,20,22). The van der Waals surface area contributed by atoms with Gasteiger partial charge in [-0.05, 0) is 37.4 Å². The summed E-state index contributed by atoms with van der Waals surface area (Å²) in [5.74, 6) is 0.684. The summed E-state index contributed by atoms with van der Waals surface area (Å²) < 4.78 is 0. The average molecular weight is 350 g/mol. The molecule has 122 valence electrons. The molecule has 0 saturated carbocycles. The first-order chi connectivity index (χ1) is 11.1. The first-order valence-electron chi connectivity index (χ1n) is 7.84. The number of thiazole rings is 1. The molecule has 0 aliphatic carbocycles. The van der Waals surface area contributed by atoms with Crippen LogP contribution in [0.1, 0.15) is 19.8 Å². The molecule has 1 aromatic carbocycles. The molecule has 2 aromatic rings. The van der Waals surface area contributed by atoms with Gasteiger partial charge in [-0.1, -0.05) is 30.7 Å². The number of nitrogens with zero attached hydrogens (tertiary/aromatic N) is 2. The van der Waals surface area contributed by atoms with E-state index in [1.807, 2.05) is 29.6 Å². The van der Waals surface area contributed by atoms with Gasteiger partial charge in [0.15, 0.2) is 5.13 Å². The molecule has 1 amide bonds. The van der Waals surface area contributed by atoms with Crippen LogP contribution >= 0.6 is 22.9 Å². The third-order valence-corrected chi connectivity index (χ3v) is 5.01. The second-order valence-electron chi connectivity index (χ2n) is 6.08. The first kappa shape index (κ1) is 16.4. The normalized spacial score (nSPS) is 18.8. The predicted octanol–water partition coefficient (Wildman–Crippen LogP) is 4.13. The third-order valence-electron chi connectivity index (χ3n) is 4.00. The highest BCUT2D eigenvalue weighted by Crippen LogP contribution is 2.26. The lowest BCUT2D eigenvalue weighted by atomic mass is 10.0. The maximum Gasteiger partial charge on any atom is 0.240 e. The Morgan fingerprint density at radius 3 is 2.96 bits per heavy atom. The number of hydrogen-bond donors (Lipinski definition) is 1. The van der Waals surface area contributed by atoms with Gasteiger partial charge >= 0.3 is 0 Å². The van der Waals surface area contributed by atoms with Crippen molar-refractivity contribution in [3.63, 3.8) is 0 Å². The number of halogens is 1. The maximum absolute atomic E-state index is 12.2. The van der Waals surface area contributed by atoms with E-state index in [1.54, 1.807) is 0 Å². The maximum atomic E-state index is 12.2. The number of carbonyl (C=O) groups is 1. The number of amides is 1. The molecule has 0 bridgehead atoms. The molecule has 1 atom stereocenters. The molecular weight excluding hydrogens is 330 g/mol. The molecule has 1 aromatic heterocycles. The Morgan fingerprint density at radius 2 is 2.22 bits per heavy atom. The van der Waals surface area contributed by atoms with Crippen LogP contribution in [0.25, 0.3) is 11.3 Å². The van der Waals surface area contributed by atoms with Crippen molar-refractivity contribution >= 4 is 34.0 Å². The summed E-state index contributed by atoms with van der Waals surface area (Å²) in [5, 5.41) is 6.20.